The monoisotopic (exact) mass is 237 g/mol. The second-order valence-corrected chi connectivity index (χ2v) is 5.04. The zero-order chi connectivity index (χ0) is 12.5. The quantitative estimate of drug-likeness (QED) is 0.719. The van der Waals surface area contributed by atoms with Crippen LogP contribution >= 0.6 is 0 Å². The molecule has 0 spiro atoms. The normalized spacial score (nSPS) is 17.9. The first-order valence-corrected chi connectivity index (χ1v) is 6.69. The van der Waals surface area contributed by atoms with Gasteiger partial charge in [0.25, 0.3) is 0 Å². The number of rotatable bonds is 1. The molecule has 1 atom stereocenters. The molecule has 0 aromatic heterocycles. The lowest BCUT2D eigenvalue weighted by atomic mass is 9.96. The Labute approximate surface area is 109 Å². The maximum Gasteiger partial charge on any atom is 0.0539 e. The summed E-state index contributed by atoms with van der Waals surface area (Å²) in [6.45, 7) is 2.27. The number of hydrogen-bond donors (Lipinski definition) is 0. The minimum absolute atomic E-state index is 0.491. The molecule has 1 aliphatic heterocycles. The Hall–Kier alpha value is -1.76. The van der Waals surface area contributed by atoms with Gasteiger partial charge in [0, 0.05) is 12.7 Å². The Morgan fingerprint density at radius 1 is 1.00 bits per heavy atom. The lowest BCUT2D eigenvalue weighted by Gasteiger charge is -2.29. The average Bonchev–Trinajstić information content (AvgIpc) is 2.53. The van der Waals surface area contributed by atoms with Crippen LogP contribution in [0, 0.1) is 0 Å². The predicted molar refractivity (Wildman–Crippen MR) is 77.1 cm³/mol. The zero-order valence-corrected chi connectivity index (χ0v) is 11.1. The van der Waals surface area contributed by atoms with Gasteiger partial charge >= 0.3 is 0 Å². The first-order chi connectivity index (χ1) is 8.81. The number of fused-ring (bicyclic) bond motifs is 2. The molecule has 0 amide bonds. The van der Waals surface area contributed by atoms with Crippen LogP contribution < -0.4 is 4.90 Å². The molecule has 18 heavy (non-hydrogen) atoms. The first kappa shape index (κ1) is 11.3. The molecule has 0 N–H and O–H groups in total. The molecule has 1 heteroatoms. The summed E-state index contributed by atoms with van der Waals surface area (Å²) in [6.07, 6.45) is 2.19. The van der Waals surface area contributed by atoms with Gasteiger partial charge in [-0.25, -0.2) is 0 Å². The van der Waals surface area contributed by atoms with Crippen LogP contribution in [0.4, 0.5) is 5.69 Å². The summed E-state index contributed by atoms with van der Waals surface area (Å²) in [4.78, 5) is 2.43. The Balaban J connectivity index is 2.20. The Morgan fingerprint density at radius 3 is 2.44 bits per heavy atom. The number of nitrogens with zero attached hydrogens (tertiary/aromatic N) is 1. The second-order valence-electron chi connectivity index (χ2n) is 5.04. The van der Waals surface area contributed by atoms with Crippen LogP contribution in [-0.4, -0.2) is 7.05 Å². The van der Waals surface area contributed by atoms with Crippen LogP contribution in [0.5, 0.6) is 0 Å². The maximum absolute atomic E-state index is 2.43. The molecule has 0 aliphatic carbocycles. The molecule has 2 aromatic rings. The molecule has 1 aliphatic rings. The molecule has 1 nitrogen and oxygen atoms in total. The van der Waals surface area contributed by atoms with Crippen LogP contribution in [0.3, 0.4) is 0 Å². The lowest BCUT2D eigenvalue weighted by molar-refractivity contribution is 0.649. The van der Waals surface area contributed by atoms with Crippen LogP contribution in [0.25, 0.3) is 0 Å². The molecule has 0 saturated heterocycles. The minimum atomic E-state index is 0.491. The van der Waals surface area contributed by atoms with Crippen LogP contribution in [0.1, 0.15) is 36.1 Å². The fraction of sp³-hybridized carbons (Fsp3) is 0.294. The highest BCUT2D eigenvalue weighted by atomic mass is 15.1. The van der Waals surface area contributed by atoms with Crippen LogP contribution in [0.2, 0.25) is 0 Å². The van der Waals surface area contributed by atoms with Gasteiger partial charge in [-0.3, -0.25) is 0 Å². The van der Waals surface area contributed by atoms with Crippen molar-refractivity contribution >= 4 is 5.69 Å². The highest BCUT2D eigenvalue weighted by molar-refractivity contribution is 5.59. The molecule has 1 heterocycles. The lowest BCUT2D eigenvalue weighted by Crippen LogP contribution is -2.23. The van der Waals surface area contributed by atoms with Crippen molar-refractivity contribution in [1.29, 1.82) is 0 Å². The van der Waals surface area contributed by atoms with E-state index < -0.39 is 0 Å². The van der Waals surface area contributed by atoms with Gasteiger partial charge in [0.05, 0.1) is 6.04 Å². The van der Waals surface area contributed by atoms with Crippen molar-refractivity contribution < 1.29 is 0 Å². The maximum atomic E-state index is 2.43. The van der Waals surface area contributed by atoms with Gasteiger partial charge in [-0.2, -0.15) is 0 Å². The third kappa shape index (κ3) is 1.71. The van der Waals surface area contributed by atoms with Gasteiger partial charge in [-0.1, -0.05) is 49.4 Å². The number of para-hydroxylation sites is 1. The molecule has 0 radical (unpaired) electrons. The third-order valence-electron chi connectivity index (χ3n) is 4.02. The fourth-order valence-electron chi connectivity index (χ4n) is 3.10. The molecule has 3 rings (SSSR count). The van der Waals surface area contributed by atoms with E-state index in [-0.39, 0.29) is 0 Å². The summed E-state index contributed by atoms with van der Waals surface area (Å²) in [5.74, 6) is 0. The minimum Gasteiger partial charge on any atom is -0.367 e. The molecular formula is C17H19N. The molecule has 1 unspecified atom stereocenters. The highest BCUT2D eigenvalue weighted by Gasteiger charge is 2.23. The Morgan fingerprint density at radius 2 is 1.67 bits per heavy atom. The summed E-state index contributed by atoms with van der Waals surface area (Å²) in [6, 6.07) is 18.1. The van der Waals surface area contributed by atoms with Gasteiger partial charge in [0.2, 0.25) is 0 Å². The van der Waals surface area contributed by atoms with E-state index in [1.807, 2.05) is 0 Å². The highest BCUT2D eigenvalue weighted by Crippen LogP contribution is 2.37. The summed E-state index contributed by atoms with van der Waals surface area (Å²) < 4.78 is 0. The van der Waals surface area contributed by atoms with E-state index in [2.05, 4.69) is 67.4 Å². The van der Waals surface area contributed by atoms with E-state index in [0.29, 0.717) is 6.04 Å². The molecule has 0 bridgehead atoms. The van der Waals surface area contributed by atoms with Crippen LogP contribution in [-0.2, 0) is 6.42 Å². The smallest absolute Gasteiger partial charge is 0.0539 e. The van der Waals surface area contributed by atoms with Gasteiger partial charge in [0.15, 0.2) is 0 Å². The molecule has 0 fully saturated rings. The first-order valence-electron chi connectivity index (χ1n) is 6.69. The summed E-state index contributed by atoms with van der Waals surface area (Å²) in [7, 11) is 2.22. The van der Waals surface area contributed by atoms with E-state index in [1.54, 1.807) is 0 Å². The van der Waals surface area contributed by atoms with Crippen molar-refractivity contribution in [3.63, 3.8) is 0 Å². The summed E-state index contributed by atoms with van der Waals surface area (Å²) in [5.41, 5.74) is 5.77. The average molecular weight is 237 g/mol. The van der Waals surface area contributed by atoms with Crippen molar-refractivity contribution in [3.05, 3.63) is 65.2 Å². The largest absolute Gasteiger partial charge is 0.367 e. The van der Waals surface area contributed by atoms with Crippen molar-refractivity contribution in [2.24, 2.45) is 0 Å². The van der Waals surface area contributed by atoms with Crippen molar-refractivity contribution in [3.8, 4) is 0 Å². The van der Waals surface area contributed by atoms with Crippen molar-refractivity contribution in [2.75, 3.05) is 11.9 Å². The van der Waals surface area contributed by atoms with Crippen molar-refractivity contribution in [2.45, 2.75) is 25.8 Å². The van der Waals surface area contributed by atoms with E-state index in [0.717, 1.165) is 12.8 Å². The van der Waals surface area contributed by atoms with Crippen molar-refractivity contribution in [1.82, 2.24) is 0 Å². The predicted octanol–water partition coefficient (Wildman–Crippen LogP) is 4.18. The Bertz CT molecular complexity index is 559. The number of hydrogen-bond acceptors (Lipinski definition) is 1. The van der Waals surface area contributed by atoms with Gasteiger partial charge in [-0.05, 0) is 35.6 Å². The summed E-state index contributed by atoms with van der Waals surface area (Å²) in [5, 5.41) is 0. The van der Waals surface area contributed by atoms with Crippen LogP contribution in [0.15, 0.2) is 48.5 Å². The molecule has 0 saturated carbocycles. The van der Waals surface area contributed by atoms with E-state index in [1.165, 1.54) is 22.4 Å². The number of benzene rings is 2. The third-order valence-corrected chi connectivity index (χ3v) is 4.02. The van der Waals surface area contributed by atoms with E-state index >= 15 is 0 Å². The molecule has 92 valence electrons. The van der Waals surface area contributed by atoms with Gasteiger partial charge in [-0.15, -0.1) is 0 Å². The fourth-order valence-corrected chi connectivity index (χ4v) is 3.10. The van der Waals surface area contributed by atoms with Gasteiger partial charge < -0.3 is 4.90 Å². The zero-order valence-electron chi connectivity index (χ0n) is 11.1. The van der Waals surface area contributed by atoms with E-state index in [9.17, 15) is 0 Å². The topological polar surface area (TPSA) is 3.24 Å². The SMILES string of the molecule is CCC1c2ccccc2Cc2ccccc2N1C. The standard InChI is InChI=1S/C17H19N/c1-3-16-15-10-6-4-8-13(15)12-14-9-5-7-11-17(14)18(16)2/h4-11,16H,3,12H2,1-2H3. The van der Waals surface area contributed by atoms with Gasteiger partial charge in [0.1, 0.15) is 0 Å². The Kier molecular flexibility index (Phi) is 2.83. The van der Waals surface area contributed by atoms with E-state index in [4.69, 9.17) is 0 Å². The molecule has 2 aromatic carbocycles. The summed E-state index contributed by atoms with van der Waals surface area (Å²) >= 11 is 0. The second kappa shape index (κ2) is 4.49. The molecular weight excluding hydrogens is 218 g/mol. The number of anilines is 1.